The normalized spacial score (nSPS) is 26.1. The molecule has 1 aromatic rings. The second-order valence-electron chi connectivity index (χ2n) is 4.76. The Kier molecular flexibility index (Phi) is 2.09. The van der Waals surface area contributed by atoms with Gasteiger partial charge >= 0.3 is 0 Å². The highest BCUT2D eigenvalue weighted by atomic mass is 14.6. The summed E-state index contributed by atoms with van der Waals surface area (Å²) in [5.41, 5.74) is 9.65. The van der Waals surface area contributed by atoms with E-state index in [2.05, 4.69) is 30.3 Å². The molecule has 0 fully saturated rings. The number of nitrogens with zero attached hydrogens (tertiary/aromatic N) is 1. The van der Waals surface area contributed by atoms with E-state index < -0.39 is 0 Å². The van der Waals surface area contributed by atoms with Gasteiger partial charge in [-0.1, -0.05) is 30.3 Å². The topological polar surface area (TPSA) is 49.8 Å². The van der Waals surface area contributed by atoms with Crippen LogP contribution in [0.4, 0.5) is 0 Å². The van der Waals surface area contributed by atoms with Crippen molar-refractivity contribution in [2.75, 3.05) is 0 Å². The first-order valence-corrected chi connectivity index (χ1v) is 5.96. The lowest BCUT2D eigenvalue weighted by Gasteiger charge is -2.34. The van der Waals surface area contributed by atoms with Gasteiger partial charge in [0.15, 0.2) is 0 Å². The number of hydrogen-bond donors (Lipinski definition) is 1. The minimum atomic E-state index is -0.242. The summed E-state index contributed by atoms with van der Waals surface area (Å²) in [5, 5.41) is 9.35. The molecule has 2 N–H and O–H groups in total. The van der Waals surface area contributed by atoms with Crippen LogP contribution in [0.15, 0.2) is 47.7 Å². The van der Waals surface area contributed by atoms with Gasteiger partial charge < -0.3 is 5.73 Å². The van der Waals surface area contributed by atoms with Gasteiger partial charge in [0.05, 0.1) is 17.1 Å². The fourth-order valence-corrected chi connectivity index (χ4v) is 3.12. The molecule has 0 heterocycles. The highest BCUT2D eigenvalue weighted by molar-refractivity contribution is 5.59. The highest BCUT2D eigenvalue weighted by Crippen LogP contribution is 2.47. The molecule has 0 aliphatic heterocycles. The Morgan fingerprint density at radius 3 is 2.94 bits per heavy atom. The fourth-order valence-electron chi connectivity index (χ4n) is 3.12. The quantitative estimate of drug-likeness (QED) is 0.733. The summed E-state index contributed by atoms with van der Waals surface area (Å²) in [4.78, 5) is 0. The summed E-state index contributed by atoms with van der Waals surface area (Å²) in [6.07, 6.45) is 7.20. The molecular weight excluding hydrogens is 208 g/mol. The molecule has 2 heteroatoms. The second-order valence-corrected chi connectivity index (χ2v) is 4.76. The summed E-state index contributed by atoms with van der Waals surface area (Å²) in [7, 11) is 0. The first-order valence-electron chi connectivity index (χ1n) is 5.96. The van der Waals surface area contributed by atoms with Gasteiger partial charge in [-0.3, -0.25) is 0 Å². The minimum Gasteiger partial charge on any atom is -0.398 e. The van der Waals surface area contributed by atoms with Crippen LogP contribution in [0.1, 0.15) is 24.0 Å². The predicted molar refractivity (Wildman–Crippen MR) is 67.0 cm³/mol. The van der Waals surface area contributed by atoms with Gasteiger partial charge in [0.2, 0.25) is 0 Å². The van der Waals surface area contributed by atoms with Crippen molar-refractivity contribution in [1.29, 1.82) is 5.26 Å². The average molecular weight is 222 g/mol. The molecule has 0 amide bonds. The molecule has 1 aromatic carbocycles. The Hall–Kier alpha value is -2.01. The van der Waals surface area contributed by atoms with Gasteiger partial charge in [0.1, 0.15) is 0 Å². The van der Waals surface area contributed by atoms with Crippen molar-refractivity contribution in [3.63, 3.8) is 0 Å². The van der Waals surface area contributed by atoms with Gasteiger partial charge in [-0.05, 0) is 36.5 Å². The third kappa shape index (κ3) is 1.26. The first kappa shape index (κ1) is 10.2. The molecule has 0 bridgehead atoms. The summed E-state index contributed by atoms with van der Waals surface area (Å²) >= 11 is 0. The first-order chi connectivity index (χ1) is 8.28. The van der Waals surface area contributed by atoms with Crippen molar-refractivity contribution in [2.45, 2.75) is 24.7 Å². The molecule has 0 saturated carbocycles. The number of nitriles is 1. The van der Waals surface area contributed by atoms with E-state index in [4.69, 9.17) is 5.73 Å². The Labute approximate surface area is 101 Å². The Morgan fingerprint density at radius 1 is 1.29 bits per heavy atom. The lowest BCUT2D eigenvalue weighted by Crippen LogP contribution is -2.29. The molecule has 17 heavy (non-hydrogen) atoms. The maximum Gasteiger partial charge on any atom is 0.0981 e. The number of hydrogen-bond acceptors (Lipinski definition) is 2. The summed E-state index contributed by atoms with van der Waals surface area (Å²) in [6, 6.07) is 10.7. The van der Waals surface area contributed by atoms with Crippen LogP contribution in [-0.4, -0.2) is 0 Å². The summed E-state index contributed by atoms with van der Waals surface area (Å²) in [6.45, 7) is 0. The predicted octanol–water partition coefficient (Wildman–Crippen LogP) is 2.57. The van der Waals surface area contributed by atoms with Gasteiger partial charge in [-0.15, -0.1) is 0 Å². The van der Waals surface area contributed by atoms with E-state index in [1.54, 1.807) is 0 Å². The summed E-state index contributed by atoms with van der Waals surface area (Å²) in [5.74, 6) is 0. The van der Waals surface area contributed by atoms with E-state index in [1.165, 1.54) is 11.1 Å². The molecule has 2 aliphatic rings. The zero-order valence-electron chi connectivity index (χ0n) is 9.61. The van der Waals surface area contributed by atoms with Gasteiger partial charge in [-0.2, -0.15) is 5.26 Å². The summed E-state index contributed by atoms with van der Waals surface area (Å²) < 4.78 is 0. The standard InChI is InChI=1S/C15H14N2/c16-10-13-14(17)7-9-15(13)8-3-5-11-4-1-2-6-12(11)15/h1-2,4,6-7,9H,3,5,8,17H2/t15-/m0/s1. The number of allylic oxidation sites excluding steroid dienone is 3. The average Bonchev–Trinajstić information content (AvgIpc) is 2.67. The maximum absolute atomic E-state index is 9.35. The van der Waals surface area contributed by atoms with Crippen LogP contribution in [0.25, 0.3) is 0 Å². The molecule has 0 saturated heterocycles. The van der Waals surface area contributed by atoms with Crippen LogP contribution in [0, 0.1) is 11.3 Å². The zero-order chi connectivity index (χ0) is 11.9. The van der Waals surface area contributed by atoms with Crippen molar-refractivity contribution in [2.24, 2.45) is 5.73 Å². The molecule has 84 valence electrons. The molecule has 0 unspecified atom stereocenters. The number of benzene rings is 1. The minimum absolute atomic E-state index is 0.242. The van der Waals surface area contributed by atoms with Crippen molar-refractivity contribution >= 4 is 0 Å². The second kappa shape index (κ2) is 3.49. The molecule has 0 radical (unpaired) electrons. The third-order valence-electron chi connectivity index (χ3n) is 3.91. The number of nitrogens with two attached hydrogens (primary N) is 1. The van der Waals surface area contributed by atoms with Crippen LogP contribution in [0.2, 0.25) is 0 Å². The van der Waals surface area contributed by atoms with Crippen molar-refractivity contribution in [1.82, 2.24) is 0 Å². The molecule has 0 aromatic heterocycles. The van der Waals surface area contributed by atoms with Crippen molar-refractivity contribution < 1.29 is 0 Å². The molecule has 2 nitrogen and oxygen atoms in total. The smallest absolute Gasteiger partial charge is 0.0981 e. The van der Waals surface area contributed by atoms with Crippen LogP contribution in [-0.2, 0) is 11.8 Å². The largest absolute Gasteiger partial charge is 0.398 e. The fraction of sp³-hybridized carbons (Fsp3) is 0.267. The van der Waals surface area contributed by atoms with E-state index in [-0.39, 0.29) is 5.41 Å². The highest BCUT2D eigenvalue weighted by Gasteiger charge is 2.41. The van der Waals surface area contributed by atoms with E-state index in [1.807, 2.05) is 12.1 Å². The molecule has 1 atom stereocenters. The van der Waals surface area contributed by atoms with Crippen LogP contribution in [0.5, 0.6) is 0 Å². The lowest BCUT2D eigenvalue weighted by molar-refractivity contribution is 0.518. The van der Waals surface area contributed by atoms with Gasteiger partial charge in [-0.25, -0.2) is 0 Å². The van der Waals surface area contributed by atoms with Crippen molar-refractivity contribution in [3.05, 3.63) is 58.8 Å². The van der Waals surface area contributed by atoms with Crippen LogP contribution >= 0.6 is 0 Å². The van der Waals surface area contributed by atoms with E-state index in [9.17, 15) is 5.26 Å². The number of fused-ring (bicyclic) bond motifs is 2. The van der Waals surface area contributed by atoms with Gasteiger partial charge in [0.25, 0.3) is 0 Å². The van der Waals surface area contributed by atoms with Crippen LogP contribution < -0.4 is 5.73 Å². The maximum atomic E-state index is 9.35. The Morgan fingerprint density at radius 2 is 2.12 bits per heavy atom. The Bertz CT molecular complexity index is 575. The Balaban J connectivity index is 2.25. The van der Waals surface area contributed by atoms with E-state index >= 15 is 0 Å². The zero-order valence-corrected chi connectivity index (χ0v) is 9.61. The van der Waals surface area contributed by atoms with E-state index in [0.717, 1.165) is 24.8 Å². The van der Waals surface area contributed by atoms with Gasteiger partial charge in [0, 0.05) is 5.70 Å². The van der Waals surface area contributed by atoms with E-state index in [0.29, 0.717) is 5.70 Å². The SMILES string of the molecule is N#CC1=C(N)C=C[C@]12CCCc1ccccc12. The monoisotopic (exact) mass is 222 g/mol. The lowest BCUT2D eigenvalue weighted by atomic mass is 9.67. The number of rotatable bonds is 0. The van der Waals surface area contributed by atoms with Crippen molar-refractivity contribution in [3.8, 4) is 6.07 Å². The molecule has 2 aliphatic carbocycles. The molecule has 1 spiro atoms. The molecule has 3 rings (SSSR count). The van der Waals surface area contributed by atoms with Crippen LogP contribution in [0.3, 0.4) is 0 Å². The number of aryl methyl sites for hydroxylation is 1. The third-order valence-corrected chi connectivity index (χ3v) is 3.91. The molecular formula is C15H14N2.